The summed E-state index contributed by atoms with van der Waals surface area (Å²) in [6.07, 6.45) is 2.74. The topological polar surface area (TPSA) is 55.4 Å². The largest absolute Gasteiger partial charge is 0.286 e. The minimum Gasteiger partial charge on any atom is -0.198 e. The fourth-order valence-corrected chi connectivity index (χ4v) is 0.965. The molecule has 0 aromatic heterocycles. The SMILES string of the molecule is C=CCNOS(=O)(=O)CC=C. The molecule has 0 aliphatic carbocycles. The summed E-state index contributed by atoms with van der Waals surface area (Å²) < 4.78 is 25.7. The molecule has 0 spiro atoms. The van der Waals surface area contributed by atoms with Gasteiger partial charge in [-0.1, -0.05) is 12.2 Å². The van der Waals surface area contributed by atoms with Crippen molar-refractivity contribution >= 4 is 10.1 Å². The lowest BCUT2D eigenvalue weighted by Gasteiger charge is -2.00. The molecule has 1 N–H and O–H groups in total. The van der Waals surface area contributed by atoms with Gasteiger partial charge in [-0.25, -0.2) is 0 Å². The second-order valence-electron chi connectivity index (χ2n) is 1.73. The normalized spacial score (nSPS) is 10.9. The van der Waals surface area contributed by atoms with Gasteiger partial charge < -0.3 is 0 Å². The lowest BCUT2D eigenvalue weighted by molar-refractivity contribution is 0.218. The van der Waals surface area contributed by atoms with Crippen molar-refractivity contribution in [2.24, 2.45) is 0 Å². The second kappa shape index (κ2) is 5.06. The Labute approximate surface area is 66.6 Å². The molecule has 0 saturated carbocycles. The molecule has 0 unspecified atom stereocenters. The Balaban J connectivity index is 3.73. The highest BCUT2D eigenvalue weighted by Gasteiger charge is 2.06. The third kappa shape index (κ3) is 5.78. The molecule has 0 saturated heterocycles. The highest BCUT2D eigenvalue weighted by Crippen LogP contribution is 1.88. The van der Waals surface area contributed by atoms with Crippen LogP contribution in [0.3, 0.4) is 0 Å². The first-order valence-corrected chi connectivity index (χ1v) is 4.56. The standard InChI is InChI=1S/C6H11NO3S/c1-3-5-7-10-11(8,9)6-4-2/h3-4,7H,1-2,5-6H2. The second-order valence-corrected chi connectivity index (χ2v) is 3.35. The van der Waals surface area contributed by atoms with Crippen LogP contribution in [0.1, 0.15) is 0 Å². The van der Waals surface area contributed by atoms with E-state index in [0.29, 0.717) is 0 Å². The van der Waals surface area contributed by atoms with Gasteiger partial charge in [-0.15, -0.1) is 13.2 Å². The van der Waals surface area contributed by atoms with E-state index < -0.39 is 10.1 Å². The van der Waals surface area contributed by atoms with Crippen molar-refractivity contribution < 1.29 is 12.7 Å². The maximum Gasteiger partial charge on any atom is 0.286 e. The van der Waals surface area contributed by atoms with Crippen LogP contribution in [0.2, 0.25) is 0 Å². The summed E-state index contributed by atoms with van der Waals surface area (Å²) in [7, 11) is -3.48. The van der Waals surface area contributed by atoms with Crippen LogP contribution in [0.25, 0.3) is 0 Å². The van der Waals surface area contributed by atoms with Gasteiger partial charge in [-0.3, -0.25) is 0 Å². The van der Waals surface area contributed by atoms with Crippen molar-refractivity contribution in [2.75, 3.05) is 12.3 Å². The number of hydrogen-bond acceptors (Lipinski definition) is 4. The Morgan fingerprint density at radius 3 is 2.45 bits per heavy atom. The molecule has 64 valence electrons. The summed E-state index contributed by atoms with van der Waals surface area (Å²) in [5.74, 6) is -0.197. The molecule has 0 fully saturated rings. The molecule has 0 aromatic carbocycles. The minimum atomic E-state index is -3.48. The zero-order chi connectivity index (χ0) is 8.74. The Morgan fingerprint density at radius 1 is 1.36 bits per heavy atom. The number of rotatable bonds is 6. The van der Waals surface area contributed by atoms with Gasteiger partial charge in [0.15, 0.2) is 0 Å². The van der Waals surface area contributed by atoms with E-state index in [9.17, 15) is 8.42 Å². The predicted molar refractivity (Wildman–Crippen MR) is 43.3 cm³/mol. The summed E-state index contributed by atoms with van der Waals surface area (Å²) in [5, 5.41) is 0. The van der Waals surface area contributed by atoms with Crippen LogP contribution < -0.4 is 5.48 Å². The van der Waals surface area contributed by atoms with Crippen LogP contribution in [-0.2, 0) is 14.4 Å². The number of nitrogens with one attached hydrogen (secondary N) is 1. The fourth-order valence-electron chi connectivity index (χ4n) is 0.361. The summed E-state index contributed by atoms with van der Waals surface area (Å²) >= 11 is 0. The van der Waals surface area contributed by atoms with Crippen LogP contribution in [0.5, 0.6) is 0 Å². The number of hydroxylamine groups is 1. The van der Waals surface area contributed by atoms with Gasteiger partial charge in [0.2, 0.25) is 0 Å². The van der Waals surface area contributed by atoms with Crippen molar-refractivity contribution in [2.45, 2.75) is 0 Å². The molecule has 0 amide bonds. The highest BCUT2D eigenvalue weighted by molar-refractivity contribution is 7.86. The molecule has 0 radical (unpaired) electrons. The first-order valence-electron chi connectivity index (χ1n) is 2.98. The van der Waals surface area contributed by atoms with Crippen molar-refractivity contribution in [3.63, 3.8) is 0 Å². The van der Waals surface area contributed by atoms with Crippen LogP contribution >= 0.6 is 0 Å². The monoisotopic (exact) mass is 177 g/mol. The lowest BCUT2D eigenvalue weighted by Crippen LogP contribution is -2.21. The van der Waals surface area contributed by atoms with Gasteiger partial charge in [0, 0.05) is 6.54 Å². The quantitative estimate of drug-likeness (QED) is 0.358. The molecule has 0 atom stereocenters. The van der Waals surface area contributed by atoms with Gasteiger partial charge in [0.1, 0.15) is 0 Å². The van der Waals surface area contributed by atoms with E-state index in [2.05, 4.69) is 22.9 Å². The minimum absolute atomic E-state index is 0.197. The summed E-state index contributed by atoms with van der Waals surface area (Å²) in [5.41, 5.74) is 2.21. The van der Waals surface area contributed by atoms with E-state index in [-0.39, 0.29) is 12.3 Å². The molecule has 0 bridgehead atoms. The van der Waals surface area contributed by atoms with E-state index in [0.717, 1.165) is 0 Å². The predicted octanol–water partition coefficient (Wildman–Crippen LogP) is 0.209. The first kappa shape index (κ1) is 10.3. The van der Waals surface area contributed by atoms with E-state index in [1.807, 2.05) is 0 Å². The molecule has 0 aromatic rings. The van der Waals surface area contributed by atoms with Crippen LogP contribution in [0, 0.1) is 0 Å². The molecule has 0 aliphatic heterocycles. The van der Waals surface area contributed by atoms with Crippen LogP contribution in [0.15, 0.2) is 25.3 Å². The average molecular weight is 177 g/mol. The van der Waals surface area contributed by atoms with E-state index in [1.165, 1.54) is 12.2 Å². The van der Waals surface area contributed by atoms with Crippen LogP contribution in [-0.4, -0.2) is 20.7 Å². The zero-order valence-electron chi connectivity index (χ0n) is 6.12. The van der Waals surface area contributed by atoms with Gasteiger partial charge in [-0.2, -0.15) is 18.2 Å². The Hall–Kier alpha value is -0.650. The fraction of sp³-hybridized carbons (Fsp3) is 0.333. The molecule has 0 rings (SSSR count). The van der Waals surface area contributed by atoms with Crippen molar-refractivity contribution in [1.29, 1.82) is 0 Å². The molecule has 0 heterocycles. The van der Waals surface area contributed by atoms with E-state index in [4.69, 9.17) is 0 Å². The Bertz CT molecular complexity index is 220. The molecular weight excluding hydrogens is 166 g/mol. The third-order valence-electron chi connectivity index (χ3n) is 0.736. The summed E-state index contributed by atoms with van der Waals surface area (Å²) in [6.45, 7) is 6.92. The van der Waals surface area contributed by atoms with Crippen molar-refractivity contribution in [3.05, 3.63) is 25.3 Å². The molecule has 0 aliphatic rings. The molecular formula is C6H11NO3S. The first-order chi connectivity index (χ1) is 5.12. The van der Waals surface area contributed by atoms with Gasteiger partial charge in [0.05, 0.1) is 5.75 Å². The molecule has 5 heteroatoms. The van der Waals surface area contributed by atoms with E-state index in [1.54, 1.807) is 0 Å². The van der Waals surface area contributed by atoms with Gasteiger partial charge in [-0.05, 0) is 0 Å². The molecule has 4 nitrogen and oxygen atoms in total. The van der Waals surface area contributed by atoms with E-state index >= 15 is 0 Å². The van der Waals surface area contributed by atoms with Gasteiger partial charge in [0.25, 0.3) is 10.1 Å². The molecule has 11 heavy (non-hydrogen) atoms. The summed E-state index contributed by atoms with van der Waals surface area (Å²) in [4.78, 5) is 0. The maximum absolute atomic E-state index is 10.7. The summed E-state index contributed by atoms with van der Waals surface area (Å²) in [6, 6.07) is 0. The Morgan fingerprint density at radius 2 is 2.00 bits per heavy atom. The third-order valence-corrected chi connectivity index (χ3v) is 1.75. The van der Waals surface area contributed by atoms with Crippen molar-refractivity contribution in [1.82, 2.24) is 5.48 Å². The maximum atomic E-state index is 10.7. The number of hydrogen-bond donors (Lipinski definition) is 1. The lowest BCUT2D eigenvalue weighted by atomic mass is 10.7. The average Bonchev–Trinajstić information content (AvgIpc) is 1.87. The zero-order valence-corrected chi connectivity index (χ0v) is 6.93. The van der Waals surface area contributed by atoms with Crippen LogP contribution in [0.4, 0.5) is 0 Å². The van der Waals surface area contributed by atoms with Crippen molar-refractivity contribution in [3.8, 4) is 0 Å². The van der Waals surface area contributed by atoms with Gasteiger partial charge >= 0.3 is 0 Å². The highest BCUT2D eigenvalue weighted by atomic mass is 32.2. The Kier molecular flexibility index (Phi) is 4.76. The smallest absolute Gasteiger partial charge is 0.198 e.